The van der Waals surface area contributed by atoms with E-state index in [9.17, 15) is 0 Å². The van der Waals surface area contributed by atoms with Crippen LogP contribution in [0, 0.1) is 0 Å². The van der Waals surface area contributed by atoms with Crippen LogP contribution >= 0.6 is 11.3 Å². The van der Waals surface area contributed by atoms with Gasteiger partial charge in [0.2, 0.25) is 0 Å². The quantitative estimate of drug-likeness (QED) is 0.704. The van der Waals surface area contributed by atoms with E-state index in [1.54, 1.807) is 17.7 Å². The second-order valence-corrected chi connectivity index (χ2v) is 7.98. The minimum absolute atomic E-state index is 0.479. The molecule has 6 heteroatoms. The van der Waals surface area contributed by atoms with Gasteiger partial charge in [-0.05, 0) is 19.0 Å². The topological polar surface area (TPSA) is 44.3 Å². The summed E-state index contributed by atoms with van der Waals surface area (Å²) >= 11 is 1.68. The van der Waals surface area contributed by atoms with Crippen LogP contribution in [0.4, 0.5) is 5.82 Å². The number of hydrogen-bond acceptors (Lipinski definition) is 6. The second kappa shape index (κ2) is 8.33. The SMILES string of the molecule is CCN1CCN(C(C)CNc2ncnc3scc(-c4ccccc4)c23)CC1. The second-order valence-electron chi connectivity index (χ2n) is 7.12. The van der Waals surface area contributed by atoms with E-state index < -0.39 is 0 Å². The lowest BCUT2D eigenvalue weighted by atomic mass is 10.1. The number of benzene rings is 1. The van der Waals surface area contributed by atoms with E-state index in [1.165, 1.54) is 24.2 Å². The lowest BCUT2D eigenvalue weighted by molar-refractivity contribution is 0.110. The molecular weight excluding hydrogens is 354 g/mol. The first-order chi connectivity index (χ1) is 13.3. The molecule has 2 aromatic heterocycles. The van der Waals surface area contributed by atoms with E-state index in [-0.39, 0.29) is 0 Å². The Bertz CT molecular complexity index is 871. The zero-order valence-electron chi connectivity index (χ0n) is 16.1. The highest BCUT2D eigenvalue weighted by atomic mass is 32.1. The van der Waals surface area contributed by atoms with Gasteiger partial charge >= 0.3 is 0 Å². The zero-order chi connectivity index (χ0) is 18.6. The fraction of sp³-hybridized carbons (Fsp3) is 0.429. The highest BCUT2D eigenvalue weighted by Crippen LogP contribution is 2.36. The molecule has 1 aliphatic heterocycles. The molecule has 1 saturated heterocycles. The van der Waals surface area contributed by atoms with Gasteiger partial charge < -0.3 is 10.2 Å². The normalized spacial score (nSPS) is 17.3. The van der Waals surface area contributed by atoms with Crippen molar-refractivity contribution >= 4 is 27.4 Å². The third kappa shape index (κ3) is 3.98. The molecule has 0 radical (unpaired) electrons. The van der Waals surface area contributed by atoms with E-state index in [0.29, 0.717) is 6.04 Å². The monoisotopic (exact) mass is 381 g/mol. The van der Waals surface area contributed by atoms with Crippen molar-refractivity contribution in [3.63, 3.8) is 0 Å². The average Bonchev–Trinajstić information content (AvgIpc) is 3.17. The maximum absolute atomic E-state index is 4.57. The summed E-state index contributed by atoms with van der Waals surface area (Å²) in [6.07, 6.45) is 1.67. The van der Waals surface area contributed by atoms with Crippen molar-refractivity contribution in [1.82, 2.24) is 19.8 Å². The third-order valence-corrected chi connectivity index (χ3v) is 6.38. The van der Waals surface area contributed by atoms with Crippen molar-refractivity contribution in [2.45, 2.75) is 19.9 Å². The van der Waals surface area contributed by atoms with Crippen LogP contribution in [0.25, 0.3) is 21.3 Å². The van der Waals surface area contributed by atoms with Gasteiger partial charge in [-0.3, -0.25) is 4.90 Å². The van der Waals surface area contributed by atoms with Crippen molar-refractivity contribution in [1.29, 1.82) is 0 Å². The predicted molar refractivity (Wildman–Crippen MR) is 114 cm³/mol. The number of nitrogens with one attached hydrogen (secondary N) is 1. The number of anilines is 1. The van der Waals surface area contributed by atoms with Gasteiger partial charge in [0.15, 0.2) is 0 Å². The van der Waals surface area contributed by atoms with Crippen LogP contribution in [0.2, 0.25) is 0 Å². The van der Waals surface area contributed by atoms with Gasteiger partial charge in [-0.25, -0.2) is 9.97 Å². The molecule has 0 bridgehead atoms. The summed E-state index contributed by atoms with van der Waals surface area (Å²) in [7, 11) is 0. The van der Waals surface area contributed by atoms with Gasteiger partial charge in [0, 0.05) is 49.7 Å². The number of piperazine rings is 1. The summed E-state index contributed by atoms with van der Waals surface area (Å²) < 4.78 is 0. The summed E-state index contributed by atoms with van der Waals surface area (Å²) in [5.41, 5.74) is 2.42. The molecule has 0 amide bonds. The highest BCUT2D eigenvalue weighted by molar-refractivity contribution is 7.17. The molecule has 27 heavy (non-hydrogen) atoms. The van der Waals surface area contributed by atoms with E-state index >= 15 is 0 Å². The van der Waals surface area contributed by atoms with E-state index in [0.717, 1.165) is 42.2 Å². The van der Waals surface area contributed by atoms with Gasteiger partial charge in [0.05, 0.1) is 5.39 Å². The van der Waals surface area contributed by atoms with Crippen LogP contribution in [0.15, 0.2) is 42.0 Å². The minimum Gasteiger partial charge on any atom is -0.368 e. The molecule has 0 saturated carbocycles. The summed E-state index contributed by atoms with van der Waals surface area (Å²) in [6.45, 7) is 11.2. The number of nitrogens with zero attached hydrogens (tertiary/aromatic N) is 4. The molecule has 1 aromatic carbocycles. The molecular formula is C21H27N5S. The van der Waals surface area contributed by atoms with Gasteiger partial charge in [0.1, 0.15) is 17.0 Å². The first kappa shape index (κ1) is 18.3. The maximum Gasteiger partial charge on any atom is 0.138 e. The van der Waals surface area contributed by atoms with Crippen molar-refractivity contribution in [2.75, 3.05) is 44.6 Å². The van der Waals surface area contributed by atoms with Crippen LogP contribution in [0.5, 0.6) is 0 Å². The Balaban J connectivity index is 1.50. The Morgan fingerprint density at radius 2 is 1.89 bits per heavy atom. The Kier molecular flexibility index (Phi) is 5.66. The van der Waals surface area contributed by atoms with E-state index in [2.05, 4.69) is 68.6 Å². The van der Waals surface area contributed by atoms with Crippen LogP contribution in [0.3, 0.4) is 0 Å². The minimum atomic E-state index is 0.479. The molecule has 5 nitrogen and oxygen atoms in total. The molecule has 1 N–H and O–H groups in total. The first-order valence-electron chi connectivity index (χ1n) is 9.74. The van der Waals surface area contributed by atoms with Crippen molar-refractivity contribution < 1.29 is 0 Å². The van der Waals surface area contributed by atoms with Crippen molar-refractivity contribution in [3.8, 4) is 11.1 Å². The third-order valence-electron chi connectivity index (χ3n) is 5.50. The molecule has 3 heterocycles. The first-order valence-corrected chi connectivity index (χ1v) is 10.6. The van der Waals surface area contributed by atoms with Gasteiger partial charge in [-0.1, -0.05) is 37.3 Å². The van der Waals surface area contributed by atoms with Crippen molar-refractivity contribution in [3.05, 3.63) is 42.0 Å². The smallest absolute Gasteiger partial charge is 0.138 e. The molecule has 0 spiro atoms. The van der Waals surface area contributed by atoms with Gasteiger partial charge in [-0.15, -0.1) is 11.3 Å². The number of likely N-dealkylation sites (N-methyl/N-ethyl adjacent to an activating group) is 1. The maximum atomic E-state index is 4.57. The number of thiophene rings is 1. The van der Waals surface area contributed by atoms with Crippen molar-refractivity contribution in [2.24, 2.45) is 0 Å². The number of hydrogen-bond donors (Lipinski definition) is 1. The van der Waals surface area contributed by atoms with Crippen LogP contribution < -0.4 is 5.32 Å². The average molecular weight is 382 g/mol. The summed E-state index contributed by atoms with van der Waals surface area (Å²) in [5.74, 6) is 0.944. The fourth-order valence-corrected chi connectivity index (χ4v) is 4.65. The predicted octanol–water partition coefficient (Wildman–Crippen LogP) is 3.80. The number of aromatic nitrogens is 2. The molecule has 1 fully saturated rings. The number of rotatable bonds is 6. The largest absolute Gasteiger partial charge is 0.368 e. The van der Waals surface area contributed by atoms with Crippen LogP contribution in [0.1, 0.15) is 13.8 Å². The molecule has 0 aliphatic carbocycles. The zero-order valence-corrected chi connectivity index (χ0v) is 16.9. The summed E-state index contributed by atoms with van der Waals surface area (Å²) in [4.78, 5) is 15.2. The number of fused-ring (bicyclic) bond motifs is 1. The lowest BCUT2D eigenvalue weighted by Crippen LogP contribution is -2.51. The Morgan fingerprint density at radius 1 is 1.11 bits per heavy atom. The summed E-state index contributed by atoms with van der Waals surface area (Å²) in [5, 5.41) is 6.93. The Morgan fingerprint density at radius 3 is 2.63 bits per heavy atom. The molecule has 1 unspecified atom stereocenters. The fourth-order valence-electron chi connectivity index (χ4n) is 3.73. The van der Waals surface area contributed by atoms with Gasteiger partial charge in [-0.2, -0.15) is 0 Å². The molecule has 3 aromatic rings. The highest BCUT2D eigenvalue weighted by Gasteiger charge is 2.20. The molecule has 1 atom stereocenters. The van der Waals surface area contributed by atoms with E-state index in [4.69, 9.17) is 0 Å². The lowest BCUT2D eigenvalue weighted by Gasteiger charge is -2.37. The Hall–Kier alpha value is -2.02. The van der Waals surface area contributed by atoms with Crippen LogP contribution in [-0.2, 0) is 0 Å². The molecule has 142 valence electrons. The molecule has 1 aliphatic rings. The van der Waals surface area contributed by atoms with E-state index in [1.807, 2.05) is 6.07 Å². The standard InChI is InChI=1S/C21H27N5S/c1-3-25-9-11-26(12-10-25)16(2)13-22-20-19-18(17-7-5-4-6-8-17)14-27-21(19)24-15-23-20/h4-8,14-16H,3,9-13H2,1-2H3,(H,22,23,24). The Labute approximate surface area is 165 Å². The molecule has 4 rings (SSSR count). The summed E-state index contributed by atoms with van der Waals surface area (Å²) in [6, 6.07) is 11.0. The van der Waals surface area contributed by atoms with Crippen LogP contribution in [-0.4, -0.2) is 65.1 Å². The van der Waals surface area contributed by atoms with Gasteiger partial charge in [0.25, 0.3) is 0 Å².